The summed E-state index contributed by atoms with van der Waals surface area (Å²) in [7, 11) is 0. The summed E-state index contributed by atoms with van der Waals surface area (Å²) in [6, 6.07) is 4.05. The smallest absolute Gasteiger partial charge is 0.157 e. The zero-order chi connectivity index (χ0) is 12.3. The lowest BCUT2D eigenvalue weighted by Crippen LogP contribution is -2.24. The van der Waals surface area contributed by atoms with Gasteiger partial charge in [-0.3, -0.25) is 0 Å². The molecular weight excluding hydrogens is 236 g/mol. The molecule has 0 saturated heterocycles. The summed E-state index contributed by atoms with van der Waals surface area (Å²) >= 11 is 5.95. The number of aromatic nitrogens is 3. The second-order valence-corrected chi connectivity index (χ2v) is 4.88. The van der Waals surface area contributed by atoms with Gasteiger partial charge in [0, 0.05) is 24.2 Å². The zero-order valence-corrected chi connectivity index (χ0v) is 10.9. The maximum atomic E-state index is 5.95. The molecule has 0 fully saturated rings. The lowest BCUT2D eigenvalue weighted by atomic mass is 10.1. The van der Waals surface area contributed by atoms with Crippen molar-refractivity contribution in [3.63, 3.8) is 0 Å². The van der Waals surface area contributed by atoms with Crippen LogP contribution in [0, 0.1) is 5.92 Å². The van der Waals surface area contributed by atoms with E-state index in [-0.39, 0.29) is 6.04 Å². The monoisotopic (exact) mass is 252 g/mol. The summed E-state index contributed by atoms with van der Waals surface area (Å²) < 4.78 is 1.74. The Bertz CT molecular complexity index is 480. The van der Waals surface area contributed by atoms with E-state index in [1.165, 1.54) is 0 Å². The van der Waals surface area contributed by atoms with Crippen molar-refractivity contribution in [1.29, 1.82) is 0 Å². The lowest BCUT2D eigenvalue weighted by molar-refractivity contribution is 0.541. The van der Waals surface area contributed by atoms with Gasteiger partial charge in [0.25, 0.3) is 0 Å². The maximum Gasteiger partial charge on any atom is 0.157 e. The quantitative estimate of drug-likeness (QED) is 0.832. The molecule has 0 spiro atoms. The third-order valence-corrected chi connectivity index (χ3v) is 2.92. The Kier molecular flexibility index (Phi) is 3.84. The van der Waals surface area contributed by atoms with Crippen LogP contribution < -0.4 is 5.32 Å². The maximum absolute atomic E-state index is 5.95. The first-order valence-corrected chi connectivity index (χ1v) is 6.35. The Hall–Kier alpha value is -1.29. The highest BCUT2D eigenvalue weighted by molar-refractivity contribution is 6.18. The molecule has 92 valence electrons. The van der Waals surface area contributed by atoms with Crippen molar-refractivity contribution in [2.24, 2.45) is 5.92 Å². The average molecular weight is 253 g/mol. The van der Waals surface area contributed by atoms with Crippen LogP contribution in [0.2, 0.25) is 0 Å². The van der Waals surface area contributed by atoms with E-state index >= 15 is 0 Å². The van der Waals surface area contributed by atoms with Crippen LogP contribution in [0.4, 0.5) is 5.82 Å². The second kappa shape index (κ2) is 5.36. The van der Waals surface area contributed by atoms with Gasteiger partial charge < -0.3 is 5.32 Å². The minimum absolute atomic E-state index is 0.259. The molecular formula is C12H17ClN4. The molecule has 5 heteroatoms. The van der Waals surface area contributed by atoms with Gasteiger partial charge in [-0.2, -0.15) is 5.10 Å². The molecule has 0 saturated carbocycles. The third-order valence-electron chi connectivity index (χ3n) is 2.55. The molecule has 0 aliphatic heterocycles. The van der Waals surface area contributed by atoms with Crippen LogP contribution >= 0.6 is 11.6 Å². The molecule has 1 atom stereocenters. The molecule has 0 aliphatic rings. The van der Waals surface area contributed by atoms with Crippen molar-refractivity contribution >= 4 is 23.1 Å². The van der Waals surface area contributed by atoms with Gasteiger partial charge >= 0.3 is 0 Å². The molecule has 2 aromatic rings. The van der Waals surface area contributed by atoms with Crippen molar-refractivity contribution in [3.05, 3.63) is 24.5 Å². The fourth-order valence-electron chi connectivity index (χ4n) is 1.83. The average Bonchev–Trinajstić information content (AvgIpc) is 2.74. The summed E-state index contributed by atoms with van der Waals surface area (Å²) in [4.78, 5) is 4.46. The molecule has 2 aromatic heterocycles. The number of halogens is 1. The van der Waals surface area contributed by atoms with E-state index in [0.717, 1.165) is 17.9 Å². The van der Waals surface area contributed by atoms with Gasteiger partial charge in [-0.15, -0.1) is 11.6 Å². The van der Waals surface area contributed by atoms with Gasteiger partial charge in [-0.05, 0) is 18.4 Å². The van der Waals surface area contributed by atoms with Crippen LogP contribution in [-0.4, -0.2) is 26.5 Å². The van der Waals surface area contributed by atoms with Crippen molar-refractivity contribution in [2.75, 3.05) is 11.2 Å². The first-order chi connectivity index (χ1) is 8.19. The molecule has 0 aliphatic carbocycles. The highest BCUT2D eigenvalue weighted by atomic mass is 35.5. The number of hydrogen-bond acceptors (Lipinski definition) is 3. The summed E-state index contributed by atoms with van der Waals surface area (Å²) in [5.74, 6) is 2.05. The predicted octanol–water partition coefficient (Wildman–Crippen LogP) is 2.79. The molecule has 4 nitrogen and oxygen atoms in total. The second-order valence-electron chi connectivity index (χ2n) is 4.57. The number of anilines is 1. The Labute approximate surface area is 106 Å². The van der Waals surface area contributed by atoms with Crippen LogP contribution in [0.1, 0.15) is 20.3 Å². The van der Waals surface area contributed by atoms with E-state index in [9.17, 15) is 0 Å². The van der Waals surface area contributed by atoms with E-state index in [2.05, 4.69) is 29.2 Å². The highest BCUT2D eigenvalue weighted by Crippen LogP contribution is 2.13. The summed E-state index contributed by atoms with van der Waals surface area (Å²) in [6.07, 6.45) is 4.67. The van der Waals surface area contributed by atoms with E-state index in [4.69, 9.17) is 11.6 Å². The number of alkyl halides is 1. The van der Waals surface area contributed by atoms with E-state index in [1.54, 1.807) is 10.7 Å². The molecule has 0 radical (unpaired) electrons. The fourth-order valence-corrected chi connectivity index (χ4v) is 2.03. The van der Waals surface area contributed by atoms with Gasteiger partial charge in [-0.25, -0.2) is 9.50 Å². The molecule has 17 heavy (non-hydrogen) atoms. The Balaban J connectivity index is 2.10. The first-order valence-electron chi connectivity index (χ1n) is 5.82. The molecule has 0 amide bonds. The highest BCUT2D eigenvalue weighted by Gasteiger charge is 2.10. The molecule has 0 aromatic carbocycles. The Morgan fingerprint density at radius 2 is 2.24 bits per heavy atom. The SMILES string of the molecule is CC(C)CC(CCl)Nc1ccn2nccc2n1. The molecule has 2 rings (SSSR count). The number of fused-ring (bicyclic) bond motifs is 1. The van der Waals surface area contributed by atoms with E-state index < -0.39 is 0 Å². The number of nitrogens with one attached hydrogen (secondary N) is 1. The molecule has 1 N–H and O–H groups in total. The van der Waals surface area contributed by atoms with Crippen LogP contribution in [-0.2, 0) is 0 Å². The van der Waals surface area contributed by atoms with Crippen molar-refractivity contribution in [1.82, 2.24) is 14.6 Å². The largest absolute Gasteiger partial charge is 0.366 e. The third kappa shape index (κ3) is 3.09. The minimum atomic E-state index is 0.259. The van der Waals surface area contributed by atoms with E-state index in [0.29, 0.717) is 11.8 Å². The van der Waals surface area contributed by atoms with Crippen LogP contribution in [0.3, 0.4) is 0 Å². The summed E-state index contributed by atoms with van der Waals surface area (Å²) in [5.41, 5.74) is 0.841. The molecule has 0 bridgehead atoms. The van der Waals surface area contributed by atoms with Gasteiger partial charge in [-0.1, -0.05) is 13.8 Å². The predicted molar refractivity (Wildman–Crippen MR) is 70.6 cm³/mol. The molecule has 1 unspecified atom stereocenters. The fraction of sp³-hybridized carbons (Fsp3) is 0.500. The normalized spacial score (nSPS) is 13.2. The van der Waals surface area contributed by atoms with Crippen LogP contribution in [0.25, 0.3) is 5.65 Å². The van der Waals surface area contributed by atoms with Gasteiger partial charge in [0.05, 0.1) is 6.20 Å². The van der Waals surface area contributed by atoms with Crippen LogP contribution in [0.5, 0.6) is 0 Å². The summed E-state index contributed by atoms with van der Waals surface area (Å²) in [6.45, 7) is 4.38. The van der Waals surface area contributed by atoms with Crippen molar-refractivity contribution in [3.8, 4) is 0 Å². The molecule has 2 heterocycles. The standard InChI is InChI=1S/C12H17ClN4/c1-9(2)7-10(8-13)15-11-4-6-17-12(16-11)3-5-14-17/h3-6,9-10H,7-8H2,1-2H3,(H,15,16). The van der Waals surface area contributed by atoms with Gasteiger partial charge in [0.2, 0.25) is 0 Å². The minimum Gasteiger partial charge on any atom is -0.366 e. The van der Waals surface area contributed by atoms with Crippen molar-refractivity contribution < 1.29 is 0 Å². The summed E-state index contributed by atoms with van der Waals surface area (Å²) in [5, 5.41) is 7.47. The topological polar surface area (TPSA) is 42.2 Å². The Morgan fingerprint density at radius 3 is 2.94 bits per heavy atom. The van der Waals surface area contributed by atoms with Crippen molar-refractivity contribution in [2.45, 2.75) is 26.3 Å². The number of hydrogen-bond donors (Lipinski definition) is 1. The van der Waals surface area contributed by atoms with Gasteiger partial charge in [0.1, 0.15) is 5.82 Å². The number of rotatable bonds is 5. The van der Waals surface area contributed by atoms with E-state index in [1.807, 2.05) is 18.3 Å². The zero-order valence-electron chi connectivity index (χ0n) is 10.1. The Morgan fingerprint density at radius 1 is 1.41 bits per heavy atom. The first kappa shape index (κ1) is 12.2. The van der Waals surface area contributed by atoms with Gasteiger partial charge in [0.15, 0.2) is 5.65 Å². The number of nitrogens with zero attached hydrogens (tertiary/aromatic N) is 3. The van der Waals surface area contributed by atoms with Crippen LogP contribution in [0.15, 0.2) is 24.5 Å². The lowest BCUT2D eigenvalue weighted by Gasteiger charge is -2.18.